The average Bonchev–Trinajstić information content (AvgIpc) is 2.82. The van der Waals surface area contributed by atoms with Gasteiger partial charge in [0.25, 0.3) is 11.8 Å². The number of benzene rings is 2. The normalized spacial score (nSPS) is 15.2. The number of para-hydroxylation sites is 3. The number of aromatic nitrogens is 1. The molecule has 1 aromatic heterocycles. The molecule has 2 amide bonds. The molecule has 170 valence electrons. The summed E-state index contributed by atoms with van der Waals surface area (Å²) in [7, 11) is -3.63. The second-order valence-electron chi connectivity index (χ2n) is 7.45. The monoisotopic (exact) mass is 466 g/mol. The fourth-order valence-corrected chi connectivity index (χ4v) is 4.35. The Morgan fingerprint density at radius 3 is 2.61 bits per heavy atom. The van der Waals surface area contributed by atoms with Crippen LogP contribution in [0.25, 0.3) is 0 Å². The van der Waals surface area contributed by atoms with Gasteiger partial charge in [-0.15, -0.1) is 0 Å². The molecule has 0 unspecified atom stereocenters. The molecule has 33 heavy (non-hydrogen) atoms. The van der Waals surface area contributed by atoms with Crippen molar-refractivity contribution >= 4 is 33.2 Å². The number of carbonyl (C=O) groups excluding carboxylic acids is 2. The van der Waals surface area contributed by atoms with Gasteiger partial charge in [0, 0.05) is 18.9 Å². The third-order valence-corrected chi connectivity index (χ3v) is 6.18. The summed E-state index contributed by atoms with van der Waals surface area (Å²) in [5.74, 6) is -0.648. The van der Waals surface area contributed by atoms with E-state index in [1.165, 1.54) is 0 Å². The molecule has 1 atom stereocenters. The Balaban J connectivity index is 1.51. The van der Waals surface area contributed by atoms with Crippen molar-refractivity contribution in [3.05, 3.63) is 84.2 Å². The van der Waals surface area contributed by atoms with E-state index < -0.39 is 22.0 Å². The van der Waals surface area contributed by atoms with Gasteiger partial charge in [0.05, 0.1) is 29.7 Å². The molecule has 0 spiro atoms. The number of hydrogen-bond donors (Lipinski definition) is 2. The van der Waals surface area contributed by atoms with Crippen LogP contribution in [0.4, 0.5) is 11.4 Å². The van der Waals surface area contributed by atoms with Crippen molar-refractivity contribution in [1.29, 1.82) is 0 Å². The minimum atomic E-state index is -3.63. The largest absolute Gasteiger partial charge is 0.476 e. The van der Waals surface area contributed by atoms with Crippen molar-refractivity contribution < 1.29 is 22.7 Å². The number of amides is 2. The zero-order chi connectivity index (χ0) is 23.4. The van der Waals surface area contributed by atoms with E-state index in [0.29, 0.717) is 11.4 Å². The highest BCUT2D eigenvalue weighted by atomic mass is 32.2. The van der Waals surface area contributed by atoms with Crippen molar-refractivity contribution in [1.82, 2.24) is 10.3 Å². The maximum absolute atomic E-state index is 13.0. The maximum atomic E-state index is 13.0. The molecule has 0 saturated carbocycles. The second-order valence-corrected chi connectivity index (χ2v) is 9.35. The number of fused-ring (bicyclic) bond motifs is 1. The second kappa shape index (κ2) is 9.29. The molecular weight excluding hydrogens is 444 g/mol. The van der Waals surface area contributed by atoms with E-state index in [0.717, 1.165) is 16.1 Å². The zero-order valence-corrected chi connectivity index (χ0v) is 18.6. The molecule has 2 N–H and O–H groups in total. The first-order chi connectivity index (χ1) is 15.8. The van der Waals surface area contributed by atoms with Crippen molar-refractivity contribution in [3.63, 3.8) is 0 Å². The molecule has 10 heteroatoms. The van der Waals surface area contributed by atoms with Crippen LogP contribution in [0, 0.1) is 0 Å². The van der Waals surface area contributed by atoms with Gasteiger partial charge in [0.2, 0.25) is 10.0 Å². The highest BCUT2D eigenvalue weighted by Crippen LogP contribution is 2.34. The zero-order valence-electron chi connectivity index (χ0n) is 17.8. The van der Waals surface area contributed by atoms with Crippen LogP contribution in [0.5, 0.6) is 5.75 Å². The minimum absolute atomic E-state index is 0.183. The first kappa shape index (κ1) is 22.3. The summed E-state index contributed by atoms with van der Waals surface area (Å²) in [6.45, 7) is 0.0951. The molecule has 3 aromatic rings. The number of hydrogen-bond acceptors (Lipinski definition) is 6. The summed E-state index contributed by atoms with van der Waals surface area (Å²) in [5, 5.41) is 5.50. The molecule has 2 aromatic carbocycles. The van der Waals surface area contributed by atoms with E-state index in [1.807, 2.05) is 6.07 Å². The minimum Gasteiger partial charge on any atom is -0.476 e. The predicted octanol–water partition coefficient (Wildman–Crippen LogP) is 2.18. The summed E-state index contributed by atoms with van der Waals surface area (Å²) in [6, 6.07) is 16.8. The lowest BCUT2D eigenvalue weighted by Gasteiger charge is -2.33. The van der Waals surface area contributed by atoms with Gasteiger partial charge >= 0.3 is 0 Å². The Morgan fingerprint density at radius 2 is 1.85 bits per heavy atom. The van der Waals surface area contributed by atoms with E-state index in [9.17, 15) is 18.0 Å². The molecule has 1 aliphatic rings. The average molecular weight is 467 g/mol. The third kappa shape index (κ3) is 5.12. The van der Waals surface area contributed by atoms with Crippen LogP contribution in [-0.2, 0) is 21.4 Å². The molecule has 0 fully saturated rings. The lowest BCUT2D eigenvalue weighted by Crippen LogP contribution is -2.48. The molecular formula is C23H22N4O5S. The Labute approximate surface area is 191 Å². The molecule has 2 heterocycles. The molecule has 0 bridgehead atoms. The fraction of sp³-hybridized carbons (Fsp3) is 0.174. The number of pyridine rings is 1. The van der Waals surface area contributed by atoms with E-state index in [2.05, 4.69) is 15.6 Å². The molecule has 4 rings (SSSR count). The number of anilines is 2. The lowest BCUT2D eigenvalue weighted by atomic mass is 10.1. The highest BCUT2D eigenvalue weighted by molar-refractivity contribution is 7.92. The van der Waals surface area contributed by atoms with Crippen LogP contribution >= 0.6 is 0 Å². The van der Waals surface area contributed by atoms with Gasteiger partial charge < -0.3 is 15.4 Å². The number of nitrogens with zero attached hydrogens (tertiary/aromatic N) is 2. The van der Waals surface area contributed by atoms with E-state index in [1.54, 1.807) is 67.0 Å². The Kier molecular flexibility index (Phi) is 6.27. The number of carbonyl (C=O) groups is 2. The number of rotatable bonds is 6. The number of nitrogens with one attached hydrogen (secondary N) is 2. The summed E-state index contributed by atoms with van der Waals surface area (Å²) >= 11 is 0. The summed E-state index contributed by atoms with van der Waals surface area (Å²) in [6.07, 6.45) is 3.28. The highest BCUT2D eigenvalue weighted by Gasteiger charge is 2.35. The van der Waals surface area contributed by atoms with Crippen LogP contribution in [-0.4, -0.2) is 44.1 Å². The van der Waals surface area contributed by atoms with Crippen LogP contribution < -0.4 is 19.7 Å². The summed E-state index contributed by atoms with van der Waals surface area (Å²) in [5.41, 5.74) is 1.77. The molecule has 0 aliphatic carbocycles. The van der Waals surface area contributed by atoms with Crippen molar-refractivity contribution in [3.8, 4) is 5.75 Å². The topological polar surface area (TPSA) is 118 Å². The molecule has 0 radical (unpaired) electrons. The van der Waals surface area contributed by atoms with Crippen molar-refractivity contribution in [2.45, 2.75) is 12.6 Å². The van der Waals surface area contributed by atoms with Crippen molar-refractivity contribution in [2.24, 2.45) is 0 Å². The SMILES string of the molecule is CS(=O)(=O)N1C[C@@H](C(=O)Nc2ccccc2C(=O)NCc2cccnc2)Oc2ccccc21. The van der Waals surface area contributed by atoms with E-state index in [4.69, 9.17) is 4.74 Å². The summed E-state index contributed by atoms with van der Waals surface area (Å²) in [4.78, 5) is 29.8. The van der Waals surface area contributed by atoms with Gasteiger partial charge in [-0.05, 0) is 35.9 Å². The first-order valence-electron chi connectivity index (χ1n) is 10.1. The van der Waals surface area contributed by atoms with Crippen LogP contribution in [0.15, 0.2) is 73.1 Å². The Morgan fingerprint density at radius 1 is 1.09 bits per heavy atom. The summed E-state index contributed by atoms with van der Waals surface area (Å²) < 4.78 is 31.5. The molecule has 0 saturated heterocycles. The third-order valence-electron chi connectivity index (χ3n) is 5.03. The van der Waals surface area contributed by atoms with Crippen LogP contribution in [0.2, 0.25) is 0 Å². The number of ether oxygens (including phenoxy) is 1. The lowest BCUT2D eigenvalue weighted by molar-refractivity contribution is -0.122. The van der Waals surface area contributed by atoms with Gasteiger partial charge in [-0.2, -0.15) is 0 Å². The van der Waals surface area contributed by atoms with Gasteiger partial charge in [-0.1, -0.05) is 30.3 Å². The Bertz CT molecular complexity index is 1280. The van der Waals surface area contributed by atoms with Gasteiger partial charge in [0.15, 0.2) is 6.10 Å². The van der Waals surface area contributed by atoms with Crippen LogP contribution in [0.1, 0.15) is 15.9 Å². The van der Waals surface area contributed by atoms with Gasteiger partial charge in [-0.3, -0.25) is 18.9 Å². The van der Waals surface area contributed by atoms with Crippen molar-refractivity contribution in [2.75, 3.05) is 22.4 Å². The molecule has 9 nitrogen and oxygen atoms in total. The van der Waals surface area contributed by atoms with Crippen LogP contribution in [0.3, 0.4) is 0 Å². The van der Waals surface area contributed by atoms with E-state index >= 15 is 0 Å². The standard InChI is InChI=1S/C23H22N4O5S/c1-33(30,31)27-15-21(32-20-11-5-4-10-19(20)27)23(29)26-18-9-3-2-8-17(18)22(28)25-14-16-7-6-12-24-13-16/h2-13,21H,14-15H2,1H3,(H,25,28)(H,26,29)/t21-/m0/s1. The first-order valence-corrected chi connectivity index (χ1v) is 12.0. The Hall–Kier alpha value is -3.92. The fourth-order valence-electron chi connectivity index (χ4n) is 3.44. The predicted molar refractivity (Wildman–Crippen MR) is 124 cm³/mol. The number of sulfonamides is 1. The molecule has 1 aliphatic heterocycles. The van der Waals surface area contributed by atoms with E-state index in [-0.39, 0.29) is 30.3 Å². The smallest absolute Gasteiger partial charge is 0.267 e. The van der Waals surface area contributed by atoms with Gasteiger partial charge in [0.1, 0.15) is 5.75 Å². The maximum Gasteiger partial charge on any atom is 0.267 e. The van der Waals surface area contributed by atoms with Gasteiger partial charge in [-0.25, -0.2) is 8.42 Å². The quantitative estimate of drug-likeness (QED) is 0.575.